The molecule has 0 aliphatic carbocycles. The van der Waals surface area contributed by atoms with Crippen LogP contribution >= 0.6 is 0 Å². The number of esters is 2. The van der Waals surface area contributed by atoms with E-state index in [0.29, 0.717) is 38.8 Å². The number of ether oxygens (including phenoxy) is 2. The summed E-state index contributed by atoms with van der Waals surface area (Å²) in [6.45, 7) is 1.22. The van der Waals surface area contributed by atoms with Crippen LogP contribution in [-0.4, -0.2) is 72.7 Å². The van der Waals surface area contributed by atoms with Crippen molar-refractivity contribution in [2.75, 3.05) is 26.3 Å². The van der Waals surface area contributed by atoms with Crippen molar-refractivity contribution in [1.82, 2.24) is 0 Å². The Labute approximate surface area is 166 Å². The van der Waals surface area contributed by atoms with Crippen LogP contribution in [0.15, 0.2) is 0 Å². The summed E-state index contributed by atoms with van der Waals surface area (Å²) in [4.78, 5) is 23.4. The molecule has 0 bridgehead atoms. The van der Waals surface area contributed by atoms with Crippen LogP contribution in [0.2, 0.25) is 0 Å². The molecule has 10 N–H and O–H groups in total. The van der Waals surface area contributed by atoms with Gasteiger partial charge in [0.25, 0.3) is 0 Å². The molecule has 166 valence electrons. The zero-order chi connectivity index (χ0) is 21.4. The average molecular weight is 407 g/mol. The molecule has 0 radical (unpaired) electrons. The SMILES string of the molecule is NCCCC(N)CCCOC(=O)C(O)C(O)C(=O)OCCCC(N)CCCN. The van der Waals surface area contributed by atoms with Crippen molar-refractivity contribution in [2.45, 2.75) is 75.7 Å². The van der Waals surface area contributed by atoms with Crippen molar-refractivity contribution in [2.24, 2.45) is 22.9 Å². The maximum absolute atomic E-state index is 11.7. The number of aliphatic hydroxyl groups is 2. The van der Waals surface area contributed by atoms with Gasteiger partial charge in [-0.2, -0.15) is 0 Å². The van der Waals surface area contributed by atoms with Crippen LogP contribution in [-0.2, 0) is 19.1 Å². The second-order valence-electron chi connectivity index (χ2n) is 6.89. The maximum atomic E-state index is 11.7. The Bertz CT molecular complexity index is 389. The molecule has 0 saturated carbocycles. The number of aliphatic hydroxyl groups excluding tert-OH is 2. The fourth-order valence-electron chi connectivity index (χ4n) is 2.51. The summed E-state index contributed by atoms with van der Waals surface area (Å²) < 4.78 is 9.72. The molecule has 10 heteroatoms. The zero-order valence-corrected chi connectivity index (χ0v) is 16.6. The van der Waals surface area contributed by atoms with Gasteiger partial charge in [0.1, 0.15) is 0 Å². The third-order valence-electron chi connectivity index (χ3n) is 4.27. The van der Waals surface area contributed by atoms with Crippen LogP contribution in [0.3, 0.4) is 0 Å². The molecule has 0 fully saturated rings. The van der Waals surface area contributed by atoms with Gasteiger partial charge < -0.3 is 42.6 Å². The molecular formula is C18H38N4O6. The van der Waals surface area contributed by atoms with E-state index >= 15 is 0 Å². The van der Waals surface area contributed by atoms with E-state index < -0.39 is 24.1 Å². The first kappa shape index (κ1) is 26.7. The van der Waals surface area contributed by atoms with E-state index in [4.69, 9.17) is 32.4 Å². The lowest BCUT2D eigenvalue weighted by molar-refractivity contribution is -0.173. The molecule has 0 saturated heterocycles. The predicted octanol–water partition coefficient (Wildman–Crippen LogP) is -1.51. The Balaban J connectivity index is 3.96. The van der Waals surface area contributed by atoms with Gasteiger partial charge >= 0.3 is 11.9 Å². The third-order valence-corrected chi connectivity index (χ3v) is 4.27. The van der Waals surface area contributed by atoms with Crippen molar-refractivity contribution in [1.29, 1.82) is 0 Å². The van der Waals surface area contributed by atoms with Crippen LogP contribution in [0.25, 0.3) is 0 Å². The van der Waals surface area contributed by atoms with Gasteiger partial charge in [-0.15, -0.1) is 0 Å². The first-order valence-electron chi connectivity index (χ1n) is 9.94. The van der Waals surface area contributed by atoms with Crippen LogP contribution in [0, 0.1) is 0 Å². The number of nitrogens with two attached hydrogens (primary N) is 4. The van der Waals surface area contributed by atoms with Crippen molar-refractivity contribution < 1.29 is 29.3 Å². The molecule has 0 aromatic rings. The molecule has 4 atom stereocenters. The van der Waals surface area contributed by atoms with Crippen molar-refractivity contribution in [3.8, 4) is 0 Å². The predicted molar refractivity (Wildman–Crippen MR) is 105 cm³/mol. The van der Waals surface area contributed by atoms with E-state index in [1.54, 1.807) is 0 Å². The van der Waals surface area contributed by atoms with Gasteiger partial charge in [0.05, 0.1) is 13.2 Å². The largest absolute Gasteiger partial charge is 0.464 e. The zero-order valence-electron chi connectivity index (χ0n) is 16.6. The molecule has 0 aromatic carbocycles. The summed E-state index contributed by atoms with van der Waals surface area (Å²) in [7, 11) is 0. The molecule has 0 aliphatic rings. The number of rotatable bonds is 17. The van der Waals surface area contributed by atoms with Crippen molar-refractivity contribution >= 4 is 11.9 Å². The van der Waals surface area contributed by atoms with Crippen LogP contribution < -0.4 is 22.9 Å². The Hall–Kier alpha value is -1.30. The summed E-state index contributed by atoms with van der Waals surface area (Å²) in [5.74, 6) is -2.16. The molecular weight excluding hydrogens is 368 g/mol. The fourth-order valence-corrected chi connectivity index (χ4v) is 2.51. The second kappa shape index (κ2) is 16.6. The van der Waals surface area contributed by atoms with Gasteiger partial charge in [0.15, 0.2) is 12.2 Å². The molecule has 0 heterocycles. The summed E-state index contributed by atoms with van der Waals surface area (Å²) in [6.07, 6.45) is 1.54. The van der Waals surface area contributed by atoms with Gasteiger partial charge in [0, 0.05) is 12.1 Å². The number of hydrogen-bond donors (Lipinski definition) is 6. The average Bonchev–Trinajstić information content (AvgIpc) is 2.69. The molecule has 0 aromatic heterocycles. The minimum absolute atomic E-state index is 0.0313. The first-order valence-corrected chi connectivity index (χ1v) is 9.94. The molecule has 0 amide bonds. The lowest BCUT2D eigenvalue weighted by Crippen LogP contribution is -2.42. The summed E-state index contributed by atoms with van der Waals surface area (Å²) in [6, 6.07) is -0.0627. The molecule has 0 rings (SSSR count). The second-order valence-corrected chi connectivity index (χ2v) is 6.89. The van der Waals surface area contributed by atoms with E-state index in [0.717, 1.165) is 25.7 Å². The molecule has 28 heavy (non-hydrogen) atoms. The smallest absolute Gasteiger partial charge is 0.338 e. The summed E-state index contributed by atoms with van der Waals surface area (Å²) in [5, 5.41) is 19.5. The Morgan fingerprint density at radius 3 is 1.32 bits per heavy atom. The Morgan fingerprint density at radius 2 is 1.00 bits per heavy atom. The third kappa shape index (κ3) is 13.0. The Morgan fingerprint density at radius 1 is 0.679 bits per heavy atom. The fraction of sp³-hybridized carbons (Fsp3) is 0.889. The lowest BCUT2D eigenvalue weighted by atomic mass is 10.1. The number of carbonyl (C=O) groups is 2. The monoisotopic (exact) mass is 406 g/mol. The van der Waals surface area contributed by atoms with E-state index in [-0.39, 0.29) is 25.3 Å². The number of carbonyl (C=O) groups excluding carboxylic acids is 2. The Kier molecular flexibility index (Phi) is 15.9. The van der Waals surface area contributed by atoms with E-state index in [9.17, 15) is 19.8 Å². The van der Waals surface area contributed by atoms with E-state index in [2.05, 4.69) is 0 Å². The van der Waals surface area contributed by atoms with Crippen molar-refractivity contribution in [3.05, 3.63) is 0 Å². The summed E-state index contributed by atoms with van der Waals surface area (Å²) >= 11 is 0. The quantitative estimate of drug-likeness (QED) is 0.122. The molecule has 10 nitrogen and oxygen atoms in total. The normalized spacial score (nSPS) is 15.5. The maximum Gasteiger partial charge on any atom is 0.338 e. The van der Waals surface area contributed by atoms with Gasteiger partial charge in [-0.3, -0.25) is 0 Å². The minimum Gasteiger partial charge on any atom is -0.464 e. The van der Waals surface area contributed by atoms with Crippen molar-refractivity contribution in [3.63, 3.8) is 0 Å². The minimum atomic E-state index is -2.00. The van der Waals surface area contributed by atoms with E-state index in [1.165, 1.54) is 0 Å². The van der Waals surface area contributed by atoms with E-state index in [1.807, 2.05) is 0 Å². The summed E-state index contributed by atoms with van der Waals surface area (Å²) in [5.41, 5.74) is 22.5. The van der Waals surface area contributed by atoms with Crippen LogP contribution in [0.4, 0.5) is 0 Å². The highest BCUT2D eigenvalue weighted by molar-refractivity contribution is 5.85. The lowest BCUT2D eigenvalue weighted by Gasteiger charge is -2.17. The standard InChI is InChI=1S/C18H38N4O6/c19-9-1-5-13(21)7-3-11-27-17(25)15(23)16(24)18(26)28-12-4-8-14(22)6-2-10-20/h13-16,23-24H,1-12,19-22H2. The highest BCUT2D eigenvalue weighted by atomic mass is 16.6. The highest BCUT2D eigenvalue weighted by Crippen LogP contribution is 2.06. The van der Waals surface area contributed by atoms with Gasteiger partial charge in [0.2, 0.25) is 0 Å². The topological polar surface area (TPSA) is 197 Å². The number of hydrogen-bond acceptors (Lipinski definition) is 10. The molecule has 0 spiro atoms. The van der Waals surface area contributed by atoms with Gasteiger partial charge in [-0.05, 0) is 64.5 Å². The van der Waals surface area contributed by atoms with Gasteiger partial charge in [-0.1, -0.05) is 0 Å². The molecule has 0 aliphatic heterocycles. The first-order chi connectivity index (χ1) is 13.3. The van der Waals surface area contributed by atoms with Crippen LogP contribution in [0.1, 0.15) is 51.4 Å². The van der Waals surface area contributed by atoms with Gasteiger partial charge in [-0.25, -0.2) is 9.59 Å². The molecule has 4 unspecified atom stereocenters. The highest BCUT2D eigenvalue weighted by Gasteiger charge is 2.32. The van der Waals surface area contributed by atoms with Crippen LogP contribution in [0.5, 0.6) is 0 Å².